The summed E-state index contributed by atoms with van der Waals surface area (Å²) in [6, 6.07) is -1.53. The first-order valence-corrected chi connectivity index (χ1v) is 13.4. The zero-order valence-corrected chi connectivity index (χ0v) is 22.8. The van der Waals surface area contributed by atoms with Crippen LogP contribution in [0.1, 0.15) is 53.4 Å². The van der Waals surface area contributed by atoms with Crippen molar-refractivity contribution in [2.24, 2.45) is 11.8 Å². The van der Waals surface area contributed by atoms with Gasteiger partial charge in [-0.1, -0.05) is 35.0 Å². The molecule has 3 aliphatic heterocycles. The standard InChI is InChI=1S/C26H39BrN2O6/c1-7-10-11-13-34-24(33)18-19-22(31)29(16(9-3)15-30)21(26(19)14-17(27)20(18)35-26)23(32)28(12-8-2)25(4,5)6/h7-8,16-21,30H,1-2,9-15H2,3-6H3/t16-,17?,18-,19-,20-,21?,26?/m0/s1. The number of unbranched alkanes of at least 4 members (excludes halogenated alkanes) is 1. The van der Waals surface area contributed by atoms with E-state index in [9.17, 15) is 19.5 Å². The van der Waals surface area contributed by atoms with E-state index in [1.807, 2.05) is 27.7 Å². The Hall–Kier alpha value is -1.71. The number of aliphatic hydroxyl groups excluding tert-OH is 1. The molecule has 3 rings (SSSR count). The van der Waals surface area contributed by atoms with Crippen LogP contribution in [0.15, 0.2) is 25.3 Å². The molecule has 0 aromatic carbocycles. The molecule has 7 atom stereocenters. The van der Waals surface area contributed by atoms with Gasteiger partial charge in [-0.2, -0.15) is 0 Å². The van der Waals surface area contributed by atoms with Gasteiger partial charge < -0.3 is 24.4 Å². The van der Waals surface area contributed by atoms with Gasteiger partial charge in [0.15, 0.2) is 0 Å². The van der Waals surface area contributed by atoms with E-state index in [4.69, 9.17) is 9.47 Å². The van der Waals surface area contributed by atoms with Crippen molar-refractivity contribution < 1.29 is 29.0 Å². The van der Waals surface area contributed by atoms with Crippen LogP contribution in [0.5, 0.6) is 0 Å². The first kappa shape index (κ1) is 27.9. The number of hydrogen-bond donors (Lipinski definition) is 1. The summed E-state index contributed by atoms with van der Waals surface area (Å²) < 4.78 is 12.0. The fraction of sp³-hybridized carbons (Fsp3) is 0.731. The van der Waals surface area contributed by atoms with E-state index >= 15 is 0 Å². The molecular formula is C26H39BrN2O6. The van der Waals surface area contributed by atoms with E-state index in [-0.39, 0.29) is 29.9 Å². The normalized spacial score (nSPS) is 32.3. The molecule has 2 bridgehead atoms. The number of fused-ring (bicyclic) bond motifs is 1. The third kappa shape index (κ3) is 4.71. The Morgan fingerprint density at radius 2 is 2.06 bits per heavy atom. The second-order valence-corrected chi connectivity index (χ2v) is 11.8. The molecule has 9 heteroatoms. The minimum atomic E-state index is -1.18. The molecule has 2 amide bonds. The number of nitrogens with zero attached hydrogens (tertiary/aromatic N) is 2. The quantitative estimate of drug-likeness (QED) is 0.182. The molecule has 3 heterocycles. The van der Waals surface area contributed by atoms with Gasteiger partial charge in [0.1, 0.15) is 11.6 Å². The number of alkyl halides is 1. The summed E-state index contributed by atoms with van der Waals surface area (Å²) >= 11 is 3.66. The predicted molar refractivity (Wildman–Crippen MR) is 136 cm³/mol. The van der Waals surface area contributed by atoms with Gasteiger partial charge in [-0.05, 0) is 46.5 Å². The lowest BCUT2D eigenvalue weighted by molar-refractivity contribution is -0.157. The molecule has 0 saturated carbocycles. The molecular weight excluding hydrogens is 516 g/mol. The molecule has 3 unspecified atom stereocenters. The number of allylic oxidation sites excluding steroid dienone is 1. The lowest BCUT2D eigenvalue weighted by atomic mass is 9.70. The van der Waals surface area contributed by atoms with E-state index in [2.05, 4.69) is 29.1 Å². The summed E-state index contributed by atoms with van der Waals surface area (Å²) in [6.07, 6.45) is 5.09. The number of carbonyl (C=O) groups excluding carboxylic acids is 3. The molecule has 0 aliphatic carbocycles. The topological polar surface area (TPSA) is 96.4 Å². The molecule has 0 aromatic rings. The first-order valence-electron chi connectivity index (χ1n) is 12.4. The summed E-state index contributed by atoms with van der Waals surface area (Å²) in [5.74, 6) is -2.73. The maximum atomic E-state index is 14.2. The summed E-state index contributed by atoms with van der Waals surface area (Å²) in [5.41, 5.74) is -1.71. The van der Waals surface area contributed by atoms with Crippen molar-refractivity contribution in [1.29, 1.82) is 0 Å². The maximum absolute atomic E-state index is 14.2. The highest BCUT2D eigenvalue weighted by Crippen LogP contribution is 2.61. The van der Waals surface area contributed by atoms with Gasteiger partial charge in [0.05, 0.1) is 37.2 Å². The van der Waals surface area contributed by atoms with E-state index in [1.54, 1.807) is 17.1 Å². The third-order valence-corrected chi connectivity index (χ3v) is 8.34. The summed E-state index contributed by atoms with van der Waals surface area (Å²) in [7, 11) is 0. The molecule has 1 spiro atoms. The molecule has 0 radical (unpaired) electrons. The maximum Gasteiger partial charge on any atom is 0.312 e. The number of hydrogen-bond acceptors (Lipinski definition) is 6. The second-order valence-electron chi connectivity index (χ2n) is 10.7. The van der Waals surface area contributed by atoms with Crippen LogP contribution in [0.25, 0.3) is 0 Å². The highest BCUT2D eigenvalue weighted by atomic mass is 79.9. The summed E-state index contributed by atoms with van der Waals surface area (Å²) in [6.45, 7) is 15.4. The number of likely N-dealkylation sites (tertiary alicyclic amines) is 1. The van der Waals surface area contributed by atoms with Crippen LogP contribution in [-0.2, 0) is 23.9 Å². The van der Waals surface area contributed by atoms with Crippen LogP contribution in [0.4, 0.5) is 0 Å². The van der Waals surface area contributed by atoms with Gasteiger partial charge in [0.2, 0.25) is 11.8 Å². The number of esters is 1. The second kappa shape index (κ2) is 10.7. The highest BCUT2D eigenvalue weighted by Gasteiger charge is 2.77. The third-order valence-electron chi connectivity index (χ3n) is 7.49. The Morgan fingerprint density at radius 3 is 2.60 bits per heavy atom. The Labute approximate surface area is 216 Å². The van der Waals surface area contributed by atoms with Crippen LogP contribution in [0.3, 0.4) is 0 Å². The van der Waals surface area contributed by atoms with Crippen molar-refractivity contribution in [1.82, 2.24) is 9.80 Å². The van der Waals surface area contributed by atoms with E-state index in [1.165, 1.54) is 4.90 Å². The van der Waals surface area contributed by atoms with Crippen molar-refractivity contribution in [2.75, 3.05) is 19.8 Å². The number of halogens is 1. The van der Waals surface area contributed by atoms with E-state index in [0.717, 1.165) is 6.42 Å². The van der Waals surface area contributed by atoms with Crippen molar-refractivity contribution >= 4 is 33.7 Å². The molecule has 8 nitrogen and oxygen atoms in total. The minimum absolute atomic E-state index is 0.204. The zero-order valence-electron chi connectivity index (χ0n) is 21.2. The van der Waals surface area contributed by atoms with Crippen LogP contribution >= 0.6 is 15.9 Å². The number of amides is 2. The number of aliphatic hydroxyl groups is 1. The summed E-state index contributed by atoms with van der Waals surface area (Å²) in [5, 5.41) is 10.1. The first-order chi connectivity index (χ1) is 16.5. The van der Waals surface area contributed by atoms with Crippen molar-refractivity contribution in [2.45, 2.75) is 87.5 Å². The average Bonchev–Trinajstić information content (AvgIpc) is 3.38. The average molecular weight is 556 g/mol. The number of carbonyl (C=O) groups is 3. The Kier molecular flexibility index (Phi) is 8.54. The lowest BCUT2D eigenvalue weighted by Gasteiger charge is -2.43. The van der Waals surface area contributed by atoms with Gasteiger partial charge in [-0.25, -0.2) is 0 Å². The molecule has 196 valence electrons. The smallest absolute Gasteiger partial charge is 0.312 e. The molecule has 0 aromatic heterocycles. The van der Waals surface area contributed by atoms with Crippen LogP contribution < -0.4 is 0 Å². The van der Waals surface area contributed by atoms with Crippen LogP contribution in [-0.4, -0.2) is 86.6 Å². The van der Waals surface area contributed by atoms with Crippen molar-refractivity contribution in [3.8, 4) is 0 Å². The minimum Gasteiger partial charge on any atom is -0.465 e. The van der Waals surface area contributed by atoms with E-state index < -0.39 is 47.1 Å². The van der Waals surface area contributed by atoms with E-state index in [0.29, 0.717) is 25.8 Å². The van der Waals surface area contributed by atoms with Gasteiger partial charge in [-0.3, -0.25) is 14.4 Å². The number of ether oxygens (including phenoxy) is 2. The lowest BCUT2D eigenvalue weighted by Crippen LogP contribution is -2.61. The monoisotopic (exact) mass is 554 g/mol. The molecule has 35 heavy (non-hydrogen) atoms. The van der Waals surface area contributed by atoms with Crippen LogP contribution in [0, 0.1) is 11.8 Å². The zero-order chi connectivity index (χ0) is 26.1. The van der Waals surface area contributed by atoms with Gasteiger partial charge in [0, 0.05) is 16.9 Å². The summed E-state index contributed by atoms with van der Waals surface area (Å²) in [4.78, 5) is 44.4. The van der Waals surface area contributed by atoms with Crippen molar-refractivity contribution in [3.05, 3.63) is 25.3 Å². The number of rotatable bonds is 11. The predicted octanol–water partition coefficient (Wildman–Crippen LogP) is 2.83. The fourth-order valence-electron chi connectivity index (χ4n) is 5.89. The fourth-order valence-corrected chi connectivity index (χ4v) is 6.83. The van der Waals surface area contributed by atoms with Gasteiger partial charge >= 0.3 is 5.97 Å². The molecule has 3 fully saturated rings. The van der Waals surface area contributed by atoms with Gasteiger partial charge in [-0.15, -0.1) is 13.2 Å². The Balaban J connectivity index is 2.06. The molecule has 3 aliphatic rings. The Bertz CT molecular complexity index is 853. The SMILES string of the molecule is C=CCCCOC(=O)[C@H]1[C@H]2C(=O)N([C@@H](CC)CO)C(C(=O)N(CC=C)C(C)(C)C)C23CC(Br)[C@@H]1O3. The van der Waals surface area contributed by atoms with Crippen molar-refractivity contribution in [3.63, 3.8) is 0 Å². The highest BCUT2D eigenvalue weighted by molar-refractivity contribution is 9.09. The van der Waals surface area contributed by atoms with Gasteiger partial charge in [0.25, 0.3) is 0 Å². The van der Waals surface area contributed by atoms with Crippen LogP contribution in [0.2, 0.25) is 0 Å². The largest absolute Gasteiger partial charge is 0.465 e. The molecule has 1 N–H and O–H groups in total. The Morgan fingerprint density at radius 1 is 1.37 bits per heavy atom. The molecule has 3 saturated heterocycles.